The second-order valence-corrected chi connectivity index (χ2v) is 11.3. The van der Waals surface area contributed by atoms with E-state index in [1.165, 1.54) is 10.5 Å². The Labute approximate surface area is 230 Å². The van der Waals surface area contributed by atoms with E-state index >= 15 is 0 Å². The first-order chi connectivity index (χ1) is 17.9. The van der Waals surface area contributed by atoms with Crippen molar-refractivity contribution in [2.24, 2.45) is 5.92 Å². The Bertz CT molecular complexity index is 1140. The highest BCUT2D eigenvalue weighted by molar-refractivity contribution is 9.10. The second-order valence-electron chi connectivity index (χ2n) is 9.94. The fraction of sp³-hybridized carbons (Fsp3) is 0.444. The van der Waals surface area contributed by atoms with Crippen molar-refractivity contribution >= 4 is 45.6 Å². The van der Waals surface area contributed by atoms with Crippen molar-refractivity contribution in [3.8, 4) is 0 Å². The van der Waals surface area contributed by atoms with E-state index in [2.05, 4.69) is 20.8 Å². The number of piperazine rings is 1. The van der Waals surface area contributed by atoms with Gasteiger partial charge in [-0.15, -0.1) is 0 Å². The summed E-state index contributed by atoms with van der Waals surface area (Å²) in [6.45, 7) is 3.26. The van der Waals surface area contributed by atoms with Gasteiger partial charge in [0.25, 0.3) is 5.91 Å². The van der Waals surface area contributed by atoms with Crippen molar-refractivity contribution in [1.29, 1.82) is 0 Å². The molecule has 0 unspecified atom stereocenters. The van der Waals surface area contributed by atoms with Gasteiger partial charge in [0.1, 0.15) is 6.04 Å². The highest BCUT2D eigenvalue weighted by Crippen LogP contribution is 2.26. The molecule has 1 atom stereocenters. The fourth-order valence-electron chi connectivity index (χ4n) is 5.26. The zero-order chi connectivity index (χ0) is 25.9. The zero-order valence-electron chi connectivity index (χ0n) is 20.5. The van der Waals surface area contributed by atoms with E-state index in [1.807, 2.05) is 48.5 Å². The number of imide groups is 1. The SMILES string of the molecule is O=C(ON1C(=O)[C@@H]2CN(Cc3ccc(Br)cc3)CCN2C1=O)N1CCC(CCc2ccc(Cl)cc2)CC1. The lowest BCUT2D eigenvalue weighted by Gasteiger charge is -2.35. The highest BCUT2D eigenvalue weighted by atomic mass is 79.9. The van der Waals surface area contributed by atoms with Crippen molar-refractivity contribution in [1.82, 2.24) is 19.8 Å². The molecule has 4 amide bonds. The summed E-state index contributed by atoms with van der Waals surface area (Å²) in [5.74, 6) is 0.0391. The smallest absolute Gasteiger partial charge is 0.309 e. The predicted molar refractivity (Wildman–Crippen MR) is 143 cm³/mol. The Hall–Kier alpha value is -2.62. The van der Waals surface area contributed by atoms with Crippen LogP contribution < -0.4 is 0 Å². The molecule has 3 fully saturated rings. The number of aryl methyl sites for hydroxylation is 1. The van der Waals surface area contributed by atoms with Gasteiger partial charge in [-0.1, -0.05) is 56.9 Å². The van der Waals surface area contributed by atoms with E-state index in [0.717, 1.165) is 40.7 Å². The summed E-state index contributed by atoms with van der Waals surface area (Å²) < 4.78 is 1.01. The first kappa shape index (κ1) is 26.0. The van der Waals surface area contributed by atoms with Gasteiger partial charge in [0.2, 0.25) is 0 Å². The molecule has 3 heterocycles. The minimum atomic E-state index is -0.636. The molecule has 3 saturated heterocycles. The fourth-order valence-corrected chi connectivity index (χ4v) is 5.65. The van der Waals surface area contributed by atoms with Crippen LogP contribution in [0, 0.1) is 5.92 Å². The first-order valence-electron chi connectivity index (χ1n) is 12.7. The number of piperidine rings is 1. The Morgan fingerprint density at radius 1 is 0.946 bits per heavy atom. The average Bonchev–Trinajstić information content (AvgIpc) is 3.14. The number of carbonyl (C=O) groups excluding carboxylic acids is 3. The number of halogens is 2. The molecule has 0 aliphatic carbocycles. The number of amides is 4. The molecule has 196 valence electrons. The third kappa shape index (κ3) is 6.10. The molecular formula is C27H30BrClN4O4. The minimum absolute atomic E-state index is 0.410. The molecule has 37 heavy (non-hydrogen) atoms. The number of rotatable bonds is 6. The van der Waals surface area contributed by atoms with E-state index in [0.29, 0.717) is 50.2 Å². The monoisotopic (exact) mass is 588 g/mol. The third-order valence-corrected chi connectivity index (χ3v) is 8.27. The molecule has 3 aliphatic heterocycles. The van der Waals surface area contributed by atoms with Gasteiger partial charge >= 0.3 is 12.1 Å². The molecule has 0 spiro atoms. The van der Waals surface area contributed by atoms with Crippen LogP contribution in [0.1, 0.15) is 30.4 Å². The van der Waals surface area contributed by atoms with Crippen LogP contribution >= 0.6 is 27.5 Å². The van der Waals surface area contributed by atoms with E-state index in [9.17, 15) is 14.4 Å². The first-order valence-corrected chi connectivity index (χ1v) is 13.9. The van der Waals surface area contributed by atoms with Crippen LogP contribution in [0.2, 0.25) is 5.02 Å². The molecule has 8 nitrogen and oxygen atoms in total. The maximum atomic E-state index is 13.0. The Balaban J connectivity index is 1.10. The van der Waals surface area contributed by atoms with Gasteiger partial charge in [-0.3, -0.25) is 9.69 Å². The molecule has 3 aliphatic rings. The van der Waals surface area contributed by atoms with Crippen LogP contribution in [0.25, 0.3) is 0 Å². The topological polar surface area (TPSA) is 73.4 Å². The van der Waals surface area contributed by atoms with Crippen molar-refractivity contribution in [3.63, 3.8) is 0 Å². The van der Waals surface area contributed by atoms with Crippen molar-refractivity contribution < 1.29 is 19.2 Å². The maximum absolute atomic E-state index is 13.0. The standard InChI is InChI=1S/C27H30BrClN4O4/c28-22-7-3-21(4-8-22)17-30-15-16-32-24(18-30)25(34)33(26(32)35)37-27(36)31-13-11-20(12-14-31)2-1-19-5-9-23(29)10-6-19/h3-10,20,24H,1-2,11-18H2/t24-/m0/s1. The average molecular weight is 590 g/mol. The number of nitrogens with zero attached hydrogens (tertiary/aromatic N) is 4. The number of fused-ring (bicyclic) bond motifs is 1. The maximum Gasteiger partial charge on any atom is 0.434 e. The number of benzene rings is 2. The number of hydroxylamine groups is 2. The molecule has 0 saturated carbocycles. The molecule has 10 heteroatoms. The summed E-state index contributed by atoms with van der Waals surface area (Å²) in [7, 11) is 0. The van der Waals surface area contributed by atoms with Crippen LogP contribution in [0.5, 0.6) is 0 Å². The van der Waals surface area contributed by atoms with Gasteiger partial charge in [-0.2, -0.15) is 0 Å². The second kappa shape index (κ2) is 11.4. The van der Waals surface area contributed by atoms with Gasteiger partial charge < -0.3 is 14.6 Å². The van der Waals surface area contributed by atoms with E-state index in [-0.39, 0.29) is 0 Å². The van der Waals surface area contributed by atoms with Crippen LogP contribution in [0.3, 0.4) is 0 Å². The molecule has 0 aromatic heterocycles. The quantitative estimate of drug-likeness (QED) is 0.446. The summed E-state index contributed by atoms with van der Waals surface area (Å²) in [6, 6.07) is 14.8. The van der Waals surface area contributed by atoms with Gasteiger partial charge in [0, 0.05) is 48.8 Å². The lowest BCUT2D eigenvalue weighted by atomic mass is 9.91. The van der Waals surface area contributed by atoms with Gasteiger partial charge in [0.05, 0.1) is 0 Å². The van der Waals surface area contributed by atoms with Gasteiger partial charge in [-0.05, 0) is 67.0 Å². The summed E-state index contributed by atoms with van der Waals surface area (Å²) in [5, 5.41) is 1.41. The number of hydrogen-bond acceptors (Lipinski definition) is 5. The van der Waals surface area contributed by atoms with Crippen molar-refractivity contribution in [3.05, 3.63) is 69.2 Å². The molecule has 0 bridgehead atoms. The van der Waals surface area contributed by atoms with E-state index < -0.39 is 24.1 Å². The highest BCUT2D eigenvalue weighted by Gasteiger charge is 2.50. The van der Waals surface area contributed by atoms with Crippen LogP contribution in [-0.2, 0) is 22.6 Å². The molecule has 5 rings (SSSR count). The summed E-state index contributed by atoms with van der Waals surface area (Å²) in [5.41, 5.74) is 2.39. The molecule has 0 N–H and O–H groups in total. The number of urea groups is 1. The largest absolute Gasteiger partial charge is 0.434 e. The predicted octanol–water partition coefficient (Wildman–Crippen LogP) is 4.95. The molecule has 2 aromatic carbocycles. The number of likely N-dealkylation sites (tertiary alicyclic amines) is 1. The molecular weight excluding hydrogens is 560 g/mol. The normalized spacial score (nSPS) is 20.9. The summed E-state index contributed by atoms with van der Waals surface area (Å²) in [6.07, 6.45) is 3.11. The number of hydrogen-bond donors (Lipinski definition) is 0. The molecule has 0 radical (unpaired) electrons. The van der Waals surface area contributed by atoms with Gasteiger partial charge in [0.15, 0.2) is 0 Å². The lowest BCUT2D eigenvalue weighted by Crippen LogP contribution is -2.52. The van der Waals surface area contributed by atoms with Crippen molar-refractivity contribution in [2.45, 2.75) is 38.3 Å². The lowest BCUT2D eigenvalue weighted by molar-refractivity contribution is -0.152. The Morgan fingerprint density at radius 2 is 1.62 bits per heavy atom. The summed E-state index contributed by atoms with van der Waals surface area (Å²) >= 11 is 9.40. The molecule has 2 aromatic rings. The number of carbonyl (C=O) groups is 3. The van der Waals surface area contributed by atoms with Gasteiger partial charge in [-0.25, -0.2) is 9.59 Å². The summed E-state index contributed by atoms with van der Waals surface area (Å²) in [4.78, 5) is 49.3. The Morgan fingerprint density at radius 3 is 2.32 bits per heavy atom. The Kier molecular flexibility index (Phi) is 8.02. The van der Waals surface area contributed by atoms with Crippen LogP contribution in [-0.4, -0.2) is 76.6 Å². The van der Waals surface area contributed by atoms with Crippen LogP contribution in [0.4, 0.5) is 9.59 Å². The zero-order valence-corrected chi connectivity index (χ0v) is 22.9. The van der Waals surface area contributed by atoms with Crippen LogP contribution in [0.15, 0.2) is 53.0 Å². The van der Waals surface area contributed by atoms with Crippen molar-refractivity contribution in [2.75, 3.05) is 32.7 Å². The van der Waals surface area contributed by atoms with E-state index in [4.69, 9.17) is 16.4 Å². The minimum Gasteiger partial charge on any atom is -0.309 e. The third-order valence-electron chi connectivity index (χ3n) is 7.49. The van der Waals surface area contributed by atoms with E-state index in [1.54, 1.807) is 4.90 Å².